The minimum absolute atomic E-state index is 0.311. The van der Waals surface area contributed by atoms with Crippen molar-refractivity contribution in [2.45, 2.75) is 57.2 Å². The van der Waals surface area contributed by atoms with Crippen molar-refractivity contribution in [3.8, 4) is 17.3 Å². The first-order valence-corrected chi connectivity index (χ1v) is 13.0. The summed E-state index contributed by atoms with van der Waals surface area (Å²) in [5.74, 6) is 2.07. The van der Waals surface area contributed by atoms with Crippen molar-refractivity contribution >= 4 is 39.8 Å². The first-order chi connectivity index (χ1) is 17.2. The lowest BCUT2D eigenvalue weighted by molar-refractivity contribution is 0.135. The summed E-state index contributed by atoms with van der Waals surface area (Å²) in [6, 6.07) is 11.8. The van der Waals surface area contributed by atoms with Gasteiger partial charge >= 0.3 is 0 Å². The molecule has 2 aliphatic rings. The lowest BCUT2D eigenvalue weighted by Crippen LogP contribution is -2.47. The van der Waals surface area contributed by atoms with Crippen molar-refractivity contribution in [2.24, 2.45) is 0 Å². The molecule has 3 N–H and O–H groups in total. The van der Waals surface area contributed by atoms with E-state index in [2.05, 4.69) is 48.9 Å². The molecule has 3 atom stereocenters. The number of nitrogens with one attached hydrogen (secondary N) is 3. The number of piperidine rings is 1. The zero-order valence-corrected chi connectivity index (χ0v) is 20.3. The Kier molecular flexibility index (Phi) is 5.80. The van der Waals surface area contributed by atoms with Crippen LogP contribution in [0, 0.1) is 18.3 Å². The molecule has 0 amide bonds. The maximum absolute atomic E-state index is 9.01. The molecule has 2 bridgehead atoms. The van der Waals surface area contributed by atoms with Gasteiger partial charge in [0.1, 0.15) is 5.82 Å². The van der Waals surface area contributed by atoms with Gasteiger partial charge in [-0.2, -0.15) is 15.3 Å². The van der Waals surface area contributed by atoms with E-state index in [9.17, 15) is 0 Å². The largest absolute Gasteiger partial charge is 0.351 e. The normalized spacial score (nSPS) is 21.8. The van der Waals surface area contributed by atoms with Gasteiger partial charge in [-0.1, -0.05) is 6.07 Å². The van der Waals surface area contributed by atoms with E-state index in [0.29, 0.717) is 30.5 Å². The Morgan fingerprint density at radius 1 is 1.20 bits per heavy atom. The number of aromatic amines is 1. The monoisotopic (exact) mass is 485 g/mol. The number of nitrogens with zero attached hydrogens (tertiary/aromatic N) is 6. The van der Waals surface area contributed by atoms with E-state index in [1.165, 1.54) is 12.8 Å². The van der Waals surface area contributed by atoms with Crippen LogP contribution in [-0.2, 0) is 0 Å². The smallest absolute Gasteiger partial charge is 0.225 e. The zero-order chi connectivity index (χ0) is 23.8. The highest BCUT2D eigenvalue weighted by Gasteiger charge is 2.40. The van der Waals surface area contributed by atoms with Gasteiger partial charge in [0.2, 0.25) is 5.95 Å². The summed E-state index contributed by atoms with van der Waals surface area (Å²) in [6.07, 6.45) is 5.10. The van der Waals surface area contributed by atoms with E-state index in [0.717, 1.165) is 58.9 Å². The van der Waals surface area contributed by atoms with E-state index in [1.807, 2.05) is 29.9 Å². The average molecular weight is 486 g/mol. The lowest BCUT2D eigenvalue weighted by Gasteiger charge is -2.38. The number of aryl methyl sites for hydroxylation is 1. The molecule has 1 aromatic carbocycles. The quantitative estimate of drug-likeness (QED) is 0.340. The third-order valence-electron chi connectivity index (χ3n) is 7.08. The summed E-state index contributed by atoms with van der Waals surface area (Å²) in [5, 5.41) is 26.3. The summed E-state index contributed by atoms with van der Waals surface area (Å²) >= 11 is 1.58. The molecule has 5 heterocycles. The molecule has 3 aromatic heterocycles. The fraction of sp³-hybridized carbons (Fsp3) is 0.400. The Balaban J connectivity index is 1.31. The number of anilines is 3. The molecule has 4 aromatic rings. The van der Waals surface area contributed by atoms with Crippen LogP contribution in [0.3, 0.4) is 0 Å². The molecule has 2 fully saturated rings. The Bertz CT molecular complexity index is 1360. The second kappa shape index (κ2) is 9.24. The van der Waals surface area contributed by atoms with Crippen LogP contribution in [0.2, 0.25) is 0 Å². The number of hydrogen-bond donors (Lipinski definition) is 3. The summed E-state index contributed by atoms with van der Waals surface area (Å²) < 4.78 is 0. The van der Waals surface area contributed by atoms with Crippen LogP contribution in [0.25, 0.3) is 22.2 Å². The first kappa shape index (κ1) is 21.9. The van der Waals surface area contributed by atoms with Crippen molar-refractivity contribution in [1.29, 1.82) is 5.26 Å². The summed E-state index contributed by atoms with van der Waals surface area (Å²) in [7, 11) is 0. The van der Waals surface area contributed by atoms with Crippen molar-refractivity contribution < 1.29 is 0 Å². The molecule has 0 saturated carbocycles. The van der Waals surface area contributed by atoms with E-state index in [-0.39, 0.29) is 0 Å². The minimum Gasteiger partial charge on any atom is -0.351 e. The molecule has 2 saturated heterocycles. The molecular formula is C25H27N9S. The van der Waals surface area contributed by atoms with Crippen molar-refractivity contribution in [3.63, 3.8) is 0 Å². The van der Waals surface area contributed by atoms with Crippen LogP contribution in [0.15, 0.2) is 35.2 Å². The van der Waals surface area contributed by atoms with Gasteiger partial charge in [0, 0.05) is 59.2 Å². The zero-order valence-electron chi connectivity index (χ0n) is 19.5. The van der Waals surface area contributed by atoms with Gasteiger partial charge in [-0.15, -0.1) is 11.3 Å². The molecule has 6 rings (SSSR count). The van der Waals surface area contributed by atoms with Gasteiger partial charge in [0.15, 0.2) is 5.82 Å². The molecule has 35 heavy (non-hydrogen) atoms. The Morgan fingerprint density at radius 3 is 2.77 bits per heavy atom. The SMILES string of the molecule is Cc1cc(Nc2nc(N[C@@H]3C[C@H]4CC[C@@H](C3)N4CCC#N)nc3cc(-c4cscn4)ccc23)n[nH]1. The Morgan fingerprint density at radius 2 is 2.06 bits per heavy atom. The summed E-state index contributed by atoms with van der Waals surface area (Å²) in [6.45, 7) is 2.85. The summed E-state index contributed by atoms with van der Waals surface area (Å²) in [5.41, 5.74) is 5.67. The molecule has 0 radical (unpaired) electrons. The maximum atomic E-state index is 9.01. The van der Waals surface area contributed by atoms with Crippen LogP contribution in [0.1, 0.15) is 37.8 Å². The molecule has 178 valence electrons. The molecular weight excluding hydrogens is 458 g/mol. The minimum atomic E-state index is 0.311. The van der Waals surface area contributed by atoms with Gasteiger partial charge in [-0.05, 0) is 44.7 Å². The number of rotatable bonds is 7. The van der Waals surface area contributed by atoms with Gasteiger partial charge in [-0.25, -0.2) is 9.97 Å². The average Bonchev–Trinajstić information content (AvgIpc) is 3.58. The van der Waals surface area contributed by atoms with Gasteiger partial charge in [-0.3, -0.25) is 10.00 Å². The van der Waals surface area contributed by atoms with Crippen molar-refractivity contribution in [1.82, 2.24) is 30.0 Å². The van der Waals surface area contributed by atoms with Crippen LogP contribution < -0.4 is 10.6 Å². The number of nitriles is 1. The standard InChI is InChI=1S/C25H27N9S/c1-15-9-23(33-32-15)30-24-20-6-3-16(22-13-35-14-27-22)10-21(20)29-25(31-24)28-17-11-18-4-5-19(12-17)34(18)8-2-7-26/h3,6,9-10,13-14,17-19H,2,4-5,8,11-12H2,1H3,(H3,28,29,30,31,32,33)/t17-,18-,19+. The highest BCUT2D eigenvalue weighted by Crippen LogP contribution is 2.37. The Hall–Kier alpha value is -3.55. The van der Waals surface area contributed by atoms with Crippen molar-refractivity contribution in [3.05, 3.63) is 40.8 Å². The number of aromatic nitrogens is 5. The highest BCUT2D eigenvalue weighted by atomic mass is 32.1. The van der Waals surface area contributed by atoms with Crippen molar-refractivity contribution in [2.75, 3.05) is 17.2 Å². The predicted octanol–water partition coefficient (Wildman–Crippen LogP) is 4.85. The third-order valence-corrected chi connectivity index (χ3v) is 7.66. The number of hydrogen-bond acceptors (Lipinski definition) is 9. The van der Waals surface area contributed by atoms with Gasteiger partial charge in [0.05, 0.1) is 22.8 Å². The van der Waals surface area contributed by atoms with Crippen LogP contribution in [0.5, 0.6) is 0 Å². The molecule has 10 heteroatoms. The fourth-order valence-corrected chi connectivity index (χ4v) is 6.09. The Labute approximate surface area is 207 Å². The number of thiazole rings is 1. The molecule has 0 spiro atoms. The predicted molar refractivity (Wildman–Crippen MR) is 138 cm³/mol. The molecule has 0 aliphatic carbocycles. The number of benzene rings is 1. The van der Waals surface area contributed by atoms with E-state index in [4.69, 9.17) is 15.2 Å². The van der Waals surface area contributed by atoms with E-state index < -0.39 is 0 Å². The van der Waals surface area contributed by atoms with Gasteiger partial charge in [0.25, 0.3) is 0 Å². The van der Waals surface area contributed by atoms with Crippen LogP contribution in [-0.4, -0.2) is 54.7 Å². The molecule has 2 aliphatic heterocycles. The maximum Gasteiger partial charge on any atom is 0.225 e. The highest BCUT2D eigenvalue weighted by molar-refractivity contribution is 7.07. The fourth-order valence-electron chi connectivity index (χ4n) is 5.53. The second-order valence-electron chi connectivity index (χ2n) is 9.41. The number of H-pyrrole nitrogens is 1. The summed E-state index contributed by atoms with van der Waals surface area (Å²) in [4.78, 5) is 16.8. The first-order valence-electron chi connectivity index (χ1n) is 12.0. The number of fused-ring (bicyclic) bond motifs is 3. The van der Waals surface area contributed by atoms with Crippen LogP contribution >= 0.6 is 11.3 Å². The molecule has 0 unspecified atom stereocenters. The molecule has 9 nitrogen and oxygen atoms in total. The van der Waals surface area contributed by atoms with Crippen LogP contribution in [0.4, 0.5) is 17.6 Å². The lowest BCUT2D eigenvalue weighted by atomic mass is 9.97. The topological polar surface area (TPSA) is 118 Å². The second-order valence-corrected chi connectivity index (χ2v) is 10.1. The van der Waals surface area contributed by atoms with E-state index >= 15 is 0 Å². The van der Waals surface area contributed by atoms with Gasteiger partial charge < -0.3 is 10.6 Å². The third kappa shape index (κ3) is 4.45. The van der Waals surface area contributed by atoms with E-state index in [1.54, 1.807) is 11.3 Å².